The third-order valence-corrected chi connectivity index (χ3v) is 3.68. The first-order valence-electron chi connectivity index (χ1n) is 5.56. The lowest BCUT2D eigenvalue weighted by atomic mass is 9.77. The summed E-state index contributed by atoms with van der Waals surface area (Å²) in [6, 6.07) is 7.77. The minimum atomic E-state index is -0.367. The average Bonchev–Trinajstić information content (AvgIpc) is 2.75. The van der Waals surface area contributed by atoms with Crippen molar-refractivity contribution in [1.82, 2.24) is 10.1 Å². The Hall–Kier alpha value is -0.910. The van der Waals surface area contributed by atoms with Crippen LogP contribution in [0.15, 0.2) is 33.3 Å². The summed E-state index contributed by atoms with van der Waals surface area (Å²) in [6.07, 6.45) is 3.01. The number of nitrogens with two attached hydrogens (primary N) is 1. The van der Waals surface area contributed by atoms with Crippen molar-refractivity contribution in [2.75, 3.05) is 0 Å². The quantitative estimate of drug-likeness (QED) is 0.918. The highest BCUT2D eigenvalue weighted by atomic mass is 79.9. The molecule has 0 bridgehead atoms. The molecule has 0 radical (unpaired) electrons. The highest BCUT2D eigenvalue weighted by Crippen LogP contribution is 2.37. The fourth-order valence-electron chi connectivity index (χ4n) is 1.95. The molecular formula is C12H13BrClN3O. The number of aromatic nitrogens is 2. The van der Waals surface area contributed by atoms with Gasteiger partial charge in [-0.2, -0.15) is 4.98 Å². The molecule has 0 spiro atoms. The summed E-state index contributed by atoms with van der Waals surface area (Å²) in [5.74, 6) is 1.15. The Kier molecular flexibility index (Phi) is 3.75. The van der Waals surface area contributed by atoms with Crippen LogP contribution in [0.3, 0.4) is 0 Å². The Morgan fingerprint density at radius 2 is 2.11 bits per heavy atom. The molecule has 1 aliphatic carbocycles. The van der Waals surface area contributed by atoms with E-state index in [9.17, 15) is 0 Å². The molecule has 18 heavy (non-hydrogen) atoms. The van der Waals surface area contributed by atoms with E-state index < -0.39 is 0 Å². The Morgan fingerprint density at radius 1 is 1.33 bits per heavy atom. The van der Waals surface area contributed by atoms with Crippen LogP contribution in [0.25, 0.3) is 11.5 Å². The molecule has 1 saturated carbocycles. The maximum atomic E-state index is 6.15. The van der Waals surface area contributed by atoms with E-state index in [2.05, 4.69) is 26.1 Å². The zero-order valence-electron chi connectivity index (χ0n) is 9.60. The maximum Gasteiger partial charge on any atom is 0.258 e. The van der Waals surface area contributed by atoms with Crippen molar-refractivity contribution in [3.8, 4) is 11.5 Å². The zero-order chi connectivity index (χ0) is 11.9. The summed E-state index contributed by atoms with van der Waals surface area (Å²) in [7, 11) is 0. The largest absolute Gasteiger partial charge is 0.334 e. The van der Waals surface area contributed by atoms with Crippen molar-refractivity contribution in [3.63, 3.8) is 0 Å². The molecule has 1 aromatic carbocycles. The second-order valence-corrected chi connectivity index (χ2v) is 5.36. The Labute approximate surface area is 119 Å². The summed E-state index contributed by atoms with van der Waals surface area (Å²) >= 11 is 3.42. The van der Waals surface area contributed by atoms with Crippen molar-refractivity contribution in [1.29, 1.82) is 0 Å². The predicted molar refractivity (Wildman–Crippen MR) is 74.4 cm³/mol. The molecule has 1 aromatic heterocycles. The molecule has 0 aliphatic heterocycles. The van der Waals surface area contributed by atoms with Crippen molar-refractivity contribution in [2.24, 2.45) is 5.73 Å². The third kappa shape index (κ3) is 2.30. The van der Waals surface area contributed by atoms with Crippen LogP contribution in [0.5, 0.6) is 0 Å². The van der Waals surface area contributed by atoms with Crippen LogP contribution >= 0.6 is 28.3 Å². The number of hydrogen-bond acceptors (Lipinski definition) is 4. The number of rotatable bonds is 2. The third-order valence-electron chi connectivity index (χ3n) is 3.19. The van der Waals surface area contributed by atoms with Crippen LogP contribution in [0.2, 0.25) is 0 Å². The zero-order valence-corrected chi connectivity index (χ0v) is 12.0. The fraction of sp³-hybridized carbons (Fsp3) is 0.333. The first-order valence-corrected chi connectivity index (χ1v) is 6.36. The molecule has 3 rings (SSSR count). The van der Waals surface area contributed by atoms with Crippen molar-refractivity contribution in [2.45, 2.75) is 24.8 Å². The summed E-state index contributed by atoms with van der Waals surface area (Å²) < 4.78 is 6.25. The van der Waals surface area contributed by atoms with E-state index in [1.807, 2.05) is 24.3 Å². The van der Waals surface area contributed by atoms with Crippen LogP contribution in [-0.4, -0.2) is 10.1 Å². The topological polar surface area (TPSA) is 64.9 Å². The van der Waals surface area contributed by atoms with E-state index in [4.69, 9.17) is 10.3 Å². The van der Waals surface area contributed by atoms with E-state index in [-0.39, 0.29) is 17.9 Å². The molecule has 4 nitrogen and oxygen atoms in total. The van der Waals surface area contributed by atoms with Gasteiger partial charge in [-0.25, -0.2) is 0 Å². The van der Waals surface area contributed by atoms with Crippen LogP contribution in [0.4, 0.5) is 0 Å². The van der Waals surface area contributed by atoms with E-state index >= 15 is 0 Å². The predicted octanol–water partition coefficient (Wildman–Crippen LogP) is 3.26. The molecule has 1 heterocycles. The van der Waals surface area contributed by atoms with Gasteiger partial charge in [-0.3, -0.25) is 0 Å². The monoisotopic (exact) mass is 329 g/mol. The van der Waals surface area contributed by atoms with Gasteiger partial charge in [0.25, 0.3) is 5.89 Å². The molecule has 6 heteroatoms. The molecule has 1 aliphatic rings. The second kappa shape index (κ2) is 4.99. The number of benzene rings is 1. The molecule has 0 unspecified atom stereocenters. The lowest BCUT2D eigenvalue weighted by Crippen LogP contribution is -2.44. The summed E-state index contributed by atoms with van der Waals surface area (Å²) in [5.41, 5.74) is 6.69. The first kappa shape index (κ1) is 13.5. The van der Waals surface area contributed by atoms with Gasteiger partial charge in [0, 0.05) is 10.0 Å². The van der Waals surface area contributed by atoms with Gasteiger partial charge in [0.15, 0.2) is 5.82 Å². The van der Waals surface area contributed by atoms with E-state index in [0.29, 0.717) is 11.7 Å². The summed E-state index contributed by atoms with van der Waals surface area (Å²) in [4.78, 5) is 4.39. The smallest absolute Gasteiger partial charge is 0.258 e. The van der Waals surface area contributed by atoms with Crippen LogP contribution in [0.1, 0.15) is 25.1 Å². The van der Waals surface area contributed by atoms with Crippen LogP contribution in [0, 0.1) is 0 Å². The maximum absolute atomic E-state index is 6.15. The molecule has 2 aromatic rings. The van der Waals surface area contributed by atoms with Crippen LogP contribution in [-0.2, 0) is 5.54 Å². The summed E-state index contributed by atoms with van der Waals surface area (Å²) in [6.45, 7) is 0. The average molecular weight is 331 g/mol. The molecular weight excluding hydrogens is 318 g/mol. The summed E-state index contributed by atoms with van der Waals surface area (Å²) in [5, 5.41) is 3.99. The molecule has 0 saturated heterocycles. The lowest BCUT2D eigenvalue weighted by Gasteiger charge is -2.34. The standard InChI is InChI=1S/C12H12BrN3O.ClH/c13-9-4-1-3-8(7-9)10-15-11(16-17-10)12(14)5-2-6-12;/h1,3-4,7H,2,5-6,14H2;1H. The Morgan fingerprint density at radius 3 is 2.72 bits per heavy atom. The van der Waals surface area contributed by atoms with E-state index in [1.165, 1.54) is 0 Å². The highest BCUT2D eigenvalue weighted by Gasteiger charge is 2.39. The van der Waals surface area contributed by atoms with Gasteiger partial charge in [0.1, 0.15) is 0 Å². The van der Waals surface area contributed by atoms with Gasteiger partial charge in [0.05, 0.1) is 5.54 Å². The van der Waals surface area contributed by atoms with Crippen molar-refractivity contribution >= 4 is 28.3 Å². The number of nitrogens with zero attached hydrogens (tertiary/aromatic N) is 2. The Balaban J connectivity index is 0.00000120. The van der Waals surface area contributed by atoms with Crippen molar-refractivity contribution in [3.05, 3.63) is 34.6 Å². The normalized spacial score (nSPS) is 16.8. The van der Waals surface area contributed by atoms with Gasteiger partial charge in [-0.1, -0.05) is 27.2 Å². The lowest BCUT2D eigenvalue weighted by molar-refractivity contribution is 0.229. The van der Waals surface area contributed by atoms with Gasteiger partial charge in [0.2, 0.25) is 0 Å². The Bertz CT molecular complexity index is 554. The number of halogens is 2. The first-order chi connectivity index (χ1) is 8.17. The van der Waals surface area contributed by atoms with Crippen molar-refractivity contribution < 1.29 is 4.52 Å². The molecule has 0 amide bonds. The number of hydrogen-bond donors (Lipinski definition) is 1. The van der Waals surface area contributed by atoms with Gasteiger partial charge < -0.3 is 10.3 Å². The molecule has 96 valence electrons. The van der Waals surface area contributed by atoms with Gasteiger partial charge in [-0.05, 0) is 37.5 Å². The minimum Gasteiger partial charge on any atom is -0.334 e. The fourth-order valence-corrected chi connectivity index (χ4v) is 2.34. The molecule has 0 atom stereocenters. The molecule has 1 fully saturated rings. The minimum absolute atomic E-state index is 0. The molecule has 2 N–H and O–H groups in total. The van der Waals surface area contributed by atoms with Crippen LogP contribution < -0.4 is 5.73 Å². The van der Waals surface area contributed by atoms with E-state index in [1.54, 1.807) is 0 Å². The van der Waals surface area contributed by atoms with E-state index in [0.717, 1.165) is 29.3 Å². The van der Waals surface area contributed by atoms with Gasteiger partial charge in [-0.15, -0.1) is 12.4 Å². The highest BCUT2D eigenvalue weighted by molar-refractivity contribution is 9.10. The second-order valence-electron chi connectivity index (χ2n) is 4.44. The SMILES string of the molecule is Cl.NC1(c2noc(-c3cccc(Br)c3)n2)CCC1. The van der Waals surface area contributed by atoms with Gasteiger partial charge >= 0.3 is 0 Å².